The molecule has 3 rings (SSSR count). The Morgan fingerprint density at radius 1 is 1.11 bits per heavy atom. The summed E-state index contributed by atoms with van der Waals surface area (Å²) in [4.78, 5) is 4.34. The molecular formula is C14H15N5. The number of nitrogens with zero attached hydrogens (tertiary/aromatic N) is 3. The summed E-state index contributed by atoms with van der Waals surface area (Å²) in [6.45, 7) is 1.17. The molecular weight excluding hydrogens is 238 g/mol. The molecule has 2 heterocycles. The van der Waals surface area contributed by atoms with E-state index in [1.165, 1.54) is 5.56 Å². The average molecular weight is 253 g/mol. The van der Waals surface area contributed by atoms with Crippen molar-refractivity contribution in [2.24, 2.45) is 5.73 Å². The Kier molecular flexibility index (Phi) is 3.12. The van der Waals surface area contributed by atoms with Crippen LogP contribution < -0.4 is 11.1 Å². The molecule has 0 radical (unpaired) electrons. The summed E-state index contributed by atoms with van der Waals surface area (Å²) in [7, 11) is 0. The van der Waals surface area contributed by atoms with Gasteiger partial charge in [0.2, 0.25) is 0 Å². The minimum Gasteiger partial charge on any atom is -0.365 e. The van der Waals surface area contributed by atoms with E-state index in [9.17, 15) is 0 Å². The monoisotopic (exact) mass is 253 g/mol. The summed E-state index contributed by atoms with van der Waals surface area (Å²) < 4.78 is 1.75. The zero-order valence-electron chi connectivity index (χ0n) is 10.5. The van der Waals surface area contributed by atoms with E-state index < -0.39 is 0 Å². The zero-order valence-corrected chi connectivity index (χ0v) is 10.5. The summed E-state index contributed by atoms with van der Waals surface area (Å²) in [5.41, 5.74) is 8.44. The van der Waals surface area contributed by atoms with Crippen molar-refractivity contribution in [3.8, 4) is 0 Å². The average Bonchev–Trinajstić information content (AvgIpc) is 2.88. The van der Waals surface area contributed by atoms with Gasteiger partial charge in [-0.2, -0.15) is 0 Å². The van der Waals surface area contributed by atoms with Gasteiger partial charge >= 0.3 is 0 Å². The number of rotatable bonds is 4. The molecule has 0 unspecified atom stereocenters. The molecule has 96 valence electrons. The van der Waals surface area contributed by atoms with E-state index in [1.54, 1.807) is 4.52 Å². The van der Waals surface area contributed by atoms with Crippen molar-refractivity contribution in [3.05, 3.63) is 59.9 Å². The highest BCUT2D eigenvalue weighted by Gasteiger charge is 2.02. The van der Waals surface area contributed by atoms with Crippen LogP contribution in [-0.2, 0) is 13.1 Å². The normalized spacial score (nSPS) is 10.8. The lowest BCUT2D eigenvalue weighted by Crippen LogP contribution is -2.03. The van der Waals surface area contributed by atoms with Gasteiger partial charge in [-0.05, 0) is 17.7 Å². The van der Waals surface area contributed by atoms with Crippen LogP contribution >= 0.6 is 0 Å². The standard InChI is InChI=1S/C14H15N5/c15-8-12-10-19-14(17-12)7-6-13(18-19)16-9-11-4-2-1-3-5-11/h1-7,10H,8-9,15H2,(H,16,18). The van der Waals surface area contributed by atoms with Gasteiger partial charge in [0.25, 0.3) is 0 Å². The number of hydrogen-bond donors (Lipinski definition) is 2. The lowest BCUT2D eigenvalue weighted by molar-refractivity contribution is 0.919. The quantitative estimate of drug-likeness (QED) is 0.744. The van der Waals surface area contributed by atoms with Crippen LogP contribution in [0.25, 0.3) is 5.65 Å². The minimum atomic E-state index is 0.427. The second-order valence-corrected chi connectivity index (χ2v) is 4.30. The highest BCUT2D eigenvalue weighted by molar-refractivity contribution is 5.45. The maximum absolute atomic E-state index is 5.57. The number of benzene rings is 1. The Labute approximate surface area is 111 Å². The lowest BCUT2D eigenvalue weighted by Gasteiger charge is -2.05. The van der Waals surface area contributed by atoms with Crippen LogP contribution in [0.5, 0.6) is 0 Å². The lowest BCUT2D eigenvalue weighted by atomic mass is 10.2. The van der Waals surface area contributed by atoms with Crippen molar-refractivity contribution in [2.75, 3.05) is 5.32 Å². The third kappa shape index (κ3) is 2.56. The molecule has 0 saturated heterocycles. The highest BCUT2D eigenvalue weighted by Crippen LogP contribution is 2.09. The van der Waals surface area contributed by atoms with Gasteiger partial charge in [0, 0.05) is 13.1 Å². The Bertz CT molecular complexity index is 675. The van der Waals surface area contributed by atoms with Crippen LogP contribution in [0.2, 0.25) is 0 Å². The topological polar surface area (TPSA) is 68.2 Å². The van der Waals surface area contributed by atoms with E-state index in [4.69, 9.17) is 5.73 Å². The van der Waals surface area contributed by atoms with E-state index >= 15 is 0 Å². The van der Waals surface area contributed by atoms with Crippen molar-refractivity contribution in [3.63, 3.8) is 0 Å². The van der Waals surface area contributed by atoms with Gasteiger partial charge in [-0.25, -0.2) is 9.50 Å². The van der Waals surface area contributed by atoms with Crippen molar-refractivity contribution in [2.45, 2.75) is 13.1 Å². The number of nitrogens with one attached hydrogen (secondary N) is 1. The van der Waals surface area contributed by atoms with E-state index in [0.717, 1.165) is 23.7 Å². The molecule has 0 amide bonds. The Morgan fingerprint density at radius 2 is 1.95 bits per heavy atom. The van der Waals surface area contributed by atoms with Crippen LogP contribution in [-0.4, -0.2) is 14.6 Å². The van der Waals surface area contributed by atoms with Crippen molar-refractivity contribution >= 4 is 11.5 Å². The van der Waals surface area contributed by atoms with Crippen LogP contribution in [0.4, 0.5) is 5.82 Å². The van der Waals surface area contributed by atoms with Gasteiger partial charge in [-0.1, -0.05) is 30.3 Å². The van der Waals surface area contributed by atoms with Crippen molar-refractivity contribution < 1.29 is 0 Å². The molecule has 0 spiro atoms. The molecule has 0 aliphatic carbocycles. The van der Waals surface area contributed by atoms with Crippen molar-refractivity contribution in [1.29, 1.82) is 0 Å². The second-order valence-electron chi connectivity index (χ2n) is 4.30. The largest absolute Gasteiger partial charge is 0.365 e. The van der Waals surface area contributed by atoms with E-state index in [1.807, 2.05) is 36.5 Å². The van der Waals surface area contributed by atoms with Gasteiger partial charge in [0.1, 0.15) is 5.82 Å². The molecule has 3 N–H and O–H groups in total. The maximum Gasteiger partial charge on any atom is 0.153 e. The van der Waals surface area contributed by atoms with Gasteiger partial charge in [-0.15, -0.1) is 5.10 Å². The second kappa shape index (κ2) is 5.07. The number of aromatic nitrogens is 3. The molecule has 0 bridgehead atoms. The van der Waals surface area contributed by atoms with E-state index in [0.29, 0.717) is 6.54 Å². The first kappa shape index (κ1) is 11.7. The molecule has 0 saturated carbocycles. The molecule has 0 aliphatic heterocycles. The van der Waals surface area contributed by atoms with Crippen LogP contribution in [0, 0.1) is 0 Å². The molecule has 19 heavy (non-hydrogen) atoms. The van der Waals surface area contributed by atoms with E-state index in [-0.39, 0.29) is 0 Å². The molecule has 5 nitrogen and oxygen atoms in total. The summed E-state index contributed by atoms with van der Waals surface area (Å²) in [6, 6.07) is 14.1. The summed E-state index contributed by atoms with van der Waals surface area (Å²) in [5.74, 6) is 0.817. The minimum absolute atomic E-state index is 0.427. The molecule has 0 aliphatic rings. The highest BCUT2D eigenvalue weighted by atomic mass is 15.3. The Morgan fingerprint density at radius 3 is 2.74 bits per heavy atom. The van der Waals surface area contributed by atoms with Gasteiger partial charge in [0.05, 0.1) is 11.9 Å². The number of fused-ring (bicyclic) bond motifs is 1. The fraction of sp³-hybridized carbons (Fsp3) is 0.143. The van der Waals surface area contributed by atoms with Crippen LogP contribution in [0.3, 0.4) is 0 Å². The van der Waals surface area contributed by atoms with Crippen LogP contribution in [0.15, 0.2) is 48.7 Å². The molecule has 0 atom stereocenters. The maximum atomic E-state index is 5.57. The van der Waals surface area contributed by atoms with E-state index in [2.05, 4.69) is 27.5 Å². The third-order valence-electron chi connectivity index (χ3n) is 2.90. The predicted molar refractivity (Wildman–Crippen MR) is 74.6 cm³/mol. The number of anilines is 1. The number of hydrogen-bond acceptors (Lipinski definition) is 4. The summed E-state index contributed by atoms with van der Waals surface area (Å²) in [5, 5.41) is 7.74. The first-order chi connectivity index (χ1) is 9.35. The van der Waals surface area contributed by atoms with Gasteiger partial charge in [0.15, 0.2) is 5.65 Å². The van der Waals surface area contributed by atoms with Gasteiger partial charge < -0.3 is 11.1 Å². The molecule has 3 aromatic rings. The van der Waals surface area contributed by atoms with Crippen molar-refractivity contribution in [1.82, 2.24) is 14.6 Å². The SMILES string of the molecule is NCc1cn2nc(NCc3ccccc3)ccc2n1. The molecule has 2 aromatic heterocycles. The Hall–Kier alpha value is -2.40. The number of nitrogens with two attached hydrogens (primary N) is 1. The number of imidazole rings is 1. The first-order valence-electron chi connectivity index (χ1n) is 6.18. The summed E-state index contributed by atoms with van der Waals surface area (Å²) >= 11 is 0. The predicted octanol–water partition coefficient (Wildman–Crippen LogP) is 1.80. The molecule has 1 aromatic carbocycles. The Balaban J connectivity index is 1.78. The fourth-order valence-corrected chi connectivity index (χ4v) is 1.91. The smallest absolute Gasteiger partial charge is 0.153 e. The van der Waals surface area contributed by atoms with Gasteiger partial charge in [-0.3, -0.25) is 0 Å². The molecule has 0 fully saturated rings. The third-order valence-corrected chi connectivity index (χ3v) is 2.90. The summed E-state index contributed by atoms with van der Waals surface area (Å²) in [6.07, 6.45) is 1.85. The zero-order chi connectivity index (χ0) is 13.1. The first-order valence-corrected chi connectivity index (χ1v) is 6.18. The molecule has 5 heteroatoms. The fourth-order valence-electron chi connectivity index (χ4n) is 1.91. The van der Waals surface area contributed by atoms with Crippen LogP contribution in [0.1, 0.15) is 11.3 Å².